The molecule has 2 aliphatic rings. The second-order valence-electron chi connectivity index (χ2n) is 6.47. The number of hydrogen-bond acceptors (Lipinski definition) is 9. The Morgan fingerprint density at radius 2 is 2.13 bits per heavy atom. The van der Waals surface area contributed by atoms with Crippen LogP contribution >= 0.6 is 0 Å². The Morgan fingerprint density at radius 1 is 1.42 bits per heavy atom. The number of fused-ring (bicyclic) bond motifs is 4. The average Bonchev–Trinajstić information content (AvgIpc) is 3.17. The molecule has 1 fully saturated rings. The number of carbonyl (C=O) groups excluding carboxylic acids is 2. The summed E-state index contributed by atoms with van der Waals surface area (Å²) in [6.07, 6.45) is 0.0825. The summed E-state index contributed by atoms with van der Waals surface area (Å²) in [4.78, 5) is 41.0. The fraction of sp³-hybridized carbons (Fsp3) is 0.500. The van der Waals surface area contributed by atoms with Crippen molar-refractivity contribution in [1.29, 1.82) is 0 Å². The normalized spacial score (nSPS) is 20.5. The molecule has 3 heterocycles. The van der Waals surface area contributed by atoms with Gasteiger partial charge in [-0.25, -0.2) is 9.59 Å². The quantitative estimate of drug-likeness (QED) is 0.124. The molecule has 2 atom stereocenters. The van der Waals surface area contributed by atoms with Gasteiger partial charge in [-0.1, -0.05) is 5.16 Å². The molecule has 0 aromatic carbocycles. The number of oxime groups is 1. The summed E-state index contributed by atoms with van der Waals surface area (Å²) in [7, 11) is -1.92. The minimum Gasteiger partial charge on any atom is -0.481 e. The number of hydrogen-bond donors (Lipinski definition) is 4. The fourth-order valence-electron chi connectivity index (χ4n) is 3.33. The van der Waals surface area contributed by atoms with Gasteiger partial charge in [0.2, 0.25) is 0 Å². The van der Waals surface area contributed by atoms with Gasteiger partial charge in [0, 0.05) is 26.2 Å². The van der Waals surface area contributed by atoms with E-state index in [2.05, 4.69) is 25.2 Å². The van der Waals surface area contributed by atoms with Crippen LogP contribution in [-0.4, -0.2) is 81.9 Å². The number of hydroxylamine groups is 2. The first-order chi connectivity index (χ1) is 14.5. The molecule has 0 radical (unpaired) electrons. The summed E-state index contributed by atoms with van der Waals surface area (Å²) < 4.78 is 37.3. The van der Waals surface area contributed by atoms with Crippen LogP contribution in [0, 0.1) is 0 Å². The number of carbonyl (C=O) groups is 3. The number of likely N-dealkylation sites (N-methyl/N-ethyl adjacent to an activating group) is 1. The Morgan fingerprint density at radius 3 is 2.74 bits per heavy atom. The molecule has 4 N–H and O–H groups in total. The molecular formula is C14H19N7O9S. The topological polar surface area (TPSA) is 205 Å². The third kappa shape index (κ3) is 4.52. The van der Waals surface area contributed by atoms with Crippen LogP contribution in [0.3, 0.4) is 0 Å². The van der Waals surface area contributed by atoms with Gasteiger partial charge in [0.1, 0.15) is 12.1 Å². The first-order valence-electron chi connectivity index (χ1n) is 8.74. The van der Waals surface area contributed by atoms with E-state index in [4.69, 9.17) is 14.5 Å². The predicted octanol–water partition coefficient (Wildman–Crippen LogP) is -1.28. The van der Waals surface area contributed by atoms with Gasteiger partial charge >= 0.3 is 28.5 Å². The molecule has 0 aliphatic carbocycles. The van der Waals surface area contributed by atoms with Gasteiger partial charge in [0.25, 0.3) is 0 Å². The zero-order chi connectivity index (χ0) is 22.9. The molecule has 0 spiro atoms. The predicted molar refractivity (Wildman–Crippen MR) is 98.5 cm³/mol. The molecule has 3 amide bonds. The molecule has 31 heavy (non-hydrogen) atoms. The van der Waals surface area contributed by atoms with Gasteiger partial charge < -0.3 is 20.6 Å². The van der Waals surface area contributed by atoms with Crippen molar-refractivity contribution in [1.82, 2.24) is 30.4 Å². The van der Waals surface area contributed by atoms with E-state index in [0.717, 1.165) is 0 Å². The van der Waals surface area contributed by atoms with Crippen molar-refractivity contribution in [2.75, 3.05) is 20.1 Å². The van der Waals surface area contributed by atoms with Crippen molar-refractivity contribution in [2.24, 2.45) is 12.2 Å². The Labute approximate surface area is 175 Å². The maximum atomic E-state index is 12.8. The van der Waals surface area contributed by atoms with E-state index in [0.29, 0.717) is 16.3 Å². The molecule has 2 bridgehead atoms. The molecule has 1 saturated heterocycles. The highest BCUT2D eigenvalue weighted by atomic mass is 32.3. The average molecular weight is 461 g/mol. The summed E-state index contributed by atoms with van der Waals surface area (Å²) in [5.74, 6) is -1.11. The lowest BCUT2D eigenvalue weighted by atomic mass is 9.97. The number of carboxylic acids is 1. The highest BCUT2D eigenvalue weighted by Gasteiger charge is 2.53. The van der Waals surface area contributed by atoms with E-state index in [-0.39, 0.29) is 25.3 Å². The van der Waals surface area contributed by atoms with Crippen molar-refractivity contribution in [2.45, 2.75) is 18.5 Å². The molecule has 0 unspecified atom stereocenters. The number of nitrogens with zero attached hydrogens (tertiary/aromatic N) is 5. The molecule has 170 valence electrons. The summed E-state index contributed by atoms with van der Waals surface area (Å²) in [6, 6.07) is -2.71. The second kappa shape index (κ2) is 8.36. The number of urea groups is 1. The van der Waals surface area contributed by atoms with E-state index in [1.165, 1.54) is 22.8 Å². The minimum atomic E-state index is -4.97. The number of aliphatic carboxylic acids is 1. The Balaban J connectivity index is 1.88. The summed E-state index contributed by atoms with van der Waals surface area (Å²) in [6.45, 7) is -0.203. The van der Waals surface area contributed by atoms with E-state index in [1.54, 1.807) is 7.05 Å². The van der Waals surface area contributed by atoms with Crippen molar-refractivity contribution in [3.05, 3.63) is 17.5 Å². The van der Waals surface area contributed by atoms with Crippen molar-refractivity contribution in [3.63, 3.8) is 0 Å². The summed E-state index contributed by atoms with van der Waals surface area (Å²) in [5, 5.41) is 21.9. The second-order valence-corrected chi connectivity index (χ2v) is 7.47. The summed E-state index contributed by atoms with van der Waals surface area (Å²) in [5.41, 5.74) is 0.876. The smallest absolute Gasteiger partial charge is 0.433 e. The fourth-order valence-corrected chi connectivity index (χ4v) is 3.70. The largest absolute Gasteiger partial charge is 0.481 e. The van der Waals surface area contributed by atoms with Gasteiger partial charge in [-0.05, 0) is 0 Å². The highest BCUT2D eigenvalue weighted by molar-refractivity contribution is 7.80. The summed E-state index contributed by atoms with van der Waals surface area (Å²) >= 11 is 0. The lowest BCUT2D eigenvalue weighted by Gasteiger charge is -2.31. The van der Waals surface area contributed by atoms with Crippen LogP contribution < -0.4 is 10.6 Å². The monoisotopic (exact) mass is 461 g/mol. The SMILES string of the molecule is CN/C(=N\OC(=O)NCCC(=O)O)[C@@H]1c2c(cnn2C)[C@H]2CN1C(=O)N2OS(=O)(=O)O. The van der Waals surface area contributed by atoms with Crippen LogP contribution in [0.5, 0.6) is 0 Å². The third-order valence-electron chi connectivity index (χ3n) is 4.56. The van der Waals surface area contributed by atoms with Crippen molar-refractivity contribution in [3.8, 4) is 0 Å². The van der Waals surface area contributed by atoms with Gasteiger partial charge in [-0.2, -0.15) is 18.6 Å². The van der Waals surface area contributed by atoms with Crippen LogP contribution in [-0.2, 0) is 31.4 Å². The molecule has 1 aromatic heterocycles. The maximum absolute atomic E-state index is 12.8. The lowest BCUT2D eigenvalue weighted by molar-refractivity contribution is -0.136. The van der Waals surface area contributed by atoms with Crippen molar-refractivity contribution >= 4 is 34.3 Å². The standard InChI is InChI=1S/C14H19N7O9S/c1-15-12(18-29-13(24)16-4-3-9(22)23)11-10-7(5-17-19(10)2)8-6-20(11)14(25)21(8)30-31(26,27)28/h5,8,11H,3-4,6H2,1-2H3,(H,15,18)(H,16,24)(H,22,23)(H,26,27,28)/t8-,11+/m1/s1. The van der Waals surface area contributed by atoms with Crippen LogP contribution in [0.1, 0.15) is 29.8 Å². The van der Waals surface area contributed by atoms with E-state index in [1.807, 2.05) is 0 Å². The number of aromatic nitrogens is 2. The van der Waals surface area contributed by atoms with E-state index < -0.39 is 40.6 Å². The Bertz CT molecular complexity index is 1040. The van der Waals surface area contributed by atoms with Gasteiger partial charge in [0.05, 0.1) is 24.9 Å². The molecule has 16 nitrogen and oxygen atoms in total. The number of carboxylic acid groups (broad SMARTS) is 1. The zero-order valence-corrected chi connectivity index (χ0v) is 17.1. The lowest BCUT2D eigenvalue weighted by Crippen LogP contribution is -2.44. The molecule has 17 heteroatoms. The molecule has 3 rings (SSSR count). The van der Waals surface area contributed by atoms with Gasteiger partial charge in [-0.3, -0.25) is 18.9 Å². The van der Waals surface area contributed by atoms with Gasteiger partial charge in [0.15, 0.2) is 5.84 Å². The van der Waals surface area contributed by atoms with Crippen LogP contribution in [0.2, 0.25) is 0 Å². The number of nitrogens with one attached hydrogen (secondary N) is 2. The highest BCUT2D eigenvalue weighted by Crippen LogP contribution is 2.44. The van der Waals surface area contributed by atoms with E-state index in [9.17, 15) is 22.8 Å². The molecular weight excluding hydrogens is 442 g/mol. The molecule has 0 saturated carbocycles. The maximum Gasteiger partial charge on any atom is 0.433 e. The first kappa shape index (κ1) is 22.2. The zero-order valence-electron chi connectivity index (χ0n) is 16.2. The minimum absolute atomic E-state index is 0.00117. The van der Waals surface area contributed by atoms with Crippen LogP contribution in [0.4, 0.5) is 9.59 Å². The molecule has 2 aliphatic heterocycles. The molecule has 1 aromatic rings. The number of amides is 3. The van der Waals surface area contributed by atoms with Gasteiger partial charge in [-0.15, -0.1) is 4.28 Å². The third-order valence-corrected chi connectivity index (χ3v) is 4.90. The van der Waals surface area contributed by atoms with E-state index >= 15 is 0 Å². The first-order valence-corrected chi connectivity index (χ1v) is 10.1. The Hall–Kier alpha value is -3.44. The number of aryl methyl sites for hydroxylation is 1. The van der Waals surface area contributed by atoms with Crippen molar-refractivity contribution < 1.29 is 41.6 Å². The van der Waals surface area contributed by atoms with Crippen LogP contribution in [0.25, 0.3) is 0 Å². The number of rotatable bonds is 7. The van der Waals surface area contributed by atoms with Crippen LogP contribution in [0.15, 0.2) is 11.4 Å². The number of amidine groups is 1. The Kier molecular flexibility index (Phi) is 6.00.